The minimum Gasteiger partial charge on any atom is -0.399 e. The topological polar surface area (TPSA) is 55.3 Å². The van der Waals surface area contributed by atoms with Crippen molar-refractivity contribution < 1.29 is 0 Å². The van der Waals surface area contributed by atoms with Gasteiger partial charge >= 0.3 is 0 Å². The normalized spacial score (nSPS) is 28.1. The third-order valence-electron chi connectivity index (χ3n) is 2.97. The van der Waals surface area contributed by atoms with E-state index in [-0.39, 0.29) is 6.04 Å². The number of hydrogen-bond acceptors (Lipinski definition) is 3. The minimum atomic E-state index is 0.253. The first-order valence-corrected chi connectivity index (χ1v) is 5.00. The molecule has 3 heteroatoms. The number of nitrogen functional groups attached to an aromatic ring is 1. The molecule has 0 radical (unpaired) electrons. The van der Waals surface area contributed by atoms with Crippen LogP contribution in [-0.4, -0.2) is 24.5 Å². The van der Waals surface area contributed by atoms with Gasteiger partial charge in [-0.05, 0) is 31.2 Å². The molecular formula is C11H17N3. The monoisotopic (exact) mass is 191 g/mol. The summed E-state index contributed by atoms with van der Waals surface area (Å²) < 4.78 is 0. The van der Waals surface area contributed by atoms with Gasteiger partial charge < -0.3 is 11.5 Å². The summed E-state index contributed by atoms with van der Waals surface area (Å²) >= 11 is 0. The maximum absolute atomic E-state index is 6.07. The van der Waals surface area contributed by atoms with Crippen LogP contribution in [0, 0.1) is 0 Å². The molecule has 2 atom stereocenters. The van der Waals surface area contributed by atoms with Gasteiger partial charge in [0, 0.05) is 24.3 Å². The molecule has 2 unspecified atom stereocenters. The second-order valence-electron chi connectivity index (χ2n) is 4.04. The summed E-state index contributed by atoms with van der Waals surface area (Å²) in [6.45, 7) is 1.08. The van der Waals surface area contributed by atoms with E-state index in [2.05, 4.69) is 24.1 Å². The summed E-state index contributed by atoms with van der Waals surface area (Å²) in [5.41, 5.74) is 13.8. The highest BCUT2D eigenvalue weighted by atomic mass is 15.2. The van der Waals surface area contributed by atoms with Crippen LogP contribution < -0.4 is 11.5 Å². The number of likely N-dealkylation sites (N-methyl/N-ethyl adjacent to an activating group) is 1. The van der Waals surface area contributed by atoms with E-state index >= 15 is 0 Å². The van der Waals surface area contributed by atoms with Gasteiger partial charge in [-0.2, -0.15) is 0 Å². The predicted molar refractivity (Wildman–Crippen MR) is 58.8 cm³/mol. The molecule has 2 rings (SSSR count). The second-order valence-corrected chi connectivity index (χ2v) is 4.04. The van der Waals surface area contributed by atoms with Gasteiger partial charge in [0.15, 0.2) is 0 Å². The molecule has 0 saturated carbocycles. The quantitative estimate of drug-likeness (QED) is 0.650. The van der Waals surface area contributed by atoms with E-state index < -0.39 is 0 Å². The van der Waals surface area contributed by atoms with Gasteiger partial charge in [-0.3, -0.25) is 4.90 Å². The fourth-order valence-corrected chi connectivity index (χ4v) is 2.17. The first kappa shape index (κ1) is 9.49. The molecule has 0 amide bonds. The third kappa shape index (κ3) is 1.61. The first-order chi connectivity index (χ1) is 6.68. The Morgan fingerprint density at radius 3 is 2.43 bits per heavy atom. The lowest BCUT2D eigenvalue weighted by atomic mass is 10.0. The molecule has 1 aliphatic rings. The molecule has 3 nitrogen and oxygen atoms in total. The summed E-state index contributed by atoms with van der Waals surface area (Å²) in [6.07, 6.45) is 1.07. The second kappa shape index (κ2) is 3.59. The Balaban J connectivity index is 2.25. The van der Waals surface area contributed by atoms with Crippen molar-refractivity contribution in [3.8, 4) is 0 Å². The zero-order valence-electron chi connectivity index (χ0n) is 8.48. The molecule has 0 aromatic heterocycles. The van der Waals surface area contributed by atoms with Gasteiger partial charge in [0.2, 0.25) is 0 Å². The van der Waals surface area contributed by atoms with Crippen molar-refractivity contribution in [1.29, 1.82) is 0 Å². The molecule has 1 saturated heterocycles. The highest BCUT2D eigenvalue weighted by Crippen LogP contribution is 2.29. The van der Waals surface area contributed by atoms with Crippen LogP contribution in [0.2, 0.25) is 0 Å². The lowest BCUT2D eigenvalue weighted by molar-refractivity contribution is 0.304. The van der Waals surface area contributed by atoms with Gasteiger partial charge in [-0.1, -0.05) is 12.1 Å². The molecule has 14 heavy (non-hydrogen) atoms. The number of benzene rings is 1. The van der Waals surface area contributed by atoms with Crippen molar-refractivity contribution in [3.05, 3.63) is 29.8 Å². The van der Waals surface area contributed by atoms with Gasteiger partial charge in [0.05, 0.1) is 0 Å². The Bertz CT molecular complexity index is 297. The van der Waals surface area contributed by atoms with Crippen LogP contribution in [0.15, 0.2) is 24.3 Å². The van der Waals surface area contributed by atoms with E-state index in [9.17, 15) is 0 Å². The lowest BCUT2D eigenvalue weighted by Gasteiger charge is -2.23. The van der Waals surface area contributed by atoms with Crippen LogP contribution in [0.25, 0.3) is 0 Å². The third-order valence-corrected chi connectivity index (χ3v) is 2.97. The van der Waals surface area contributed by atoms with Crippen LogP contribution in [-0.2, 0) is 0 Å². The molecule has 1 aromatic carbocycles. The molecule has 0 spiro atoms. The summed E-state index contributed by atoms with van der Waals surface area (Å²) in [4.78, 5) is 2.30. The van der Waals surface area contributed by atoms with Crippen molar-refractivity contribution in [1.82, 2.24) is 4.90 Å². The fourth-order valence-electron chi connectivity index (χ4n) is 2.17. The first-order valence-electron chi connectivity index (χ1n) is 5.00. The predicted octanol–water partition coefficient (Wildman–Crippen LogP) is 0.973. The van der Waals surface area contributed by atoms with Gasteiger partial charge in [0.1, 0.15) is 0 Å². The molecule has 1 aliphatic heterocycles. The summed E-state index contributed by atoms with van der Waals surface area (Å²) in [7, 11) is 2.12. The minimum absolute atomic E-state index is 0.253. The number of likely N-dealkylation sites (tertiary alicyclic amines) is 1. The average Bonchev–Trinajstić information content (AvgIpc) is 2.49. The van der Waals surface area contributed by atoms with Gasteiger partial charge in [-0.15, -0.1) is 0 Å². The van der Waals surface area contributed by atoms with Crippen molar-refractivity contribution in [3.63, 3.8) is 0 Å². The number of hydrogen-bond donors (Lipinski definition) is 2. The summed E-state index contributed by atoms with van der Waals surface area (Å²) in [5, 5.41) is 0. The molecule has 1 heterocycles. The van der Waals surface area contributed by atoms with Crippen LogP contribution >= 0.6 is 0 Å². The zero-order valence-corrected chi connectivity index (χ0v) is 8.48. The number of anilines is 1. The molecule has 0 aliphatic carbocycles. The zero-order chi connectivity index (χ0) is 10.1. The molecule has 0 bridgehead atoms. The molecule has 1 aromatic rings. The number of nitrogens with two attached hydrogens (primary N) is 2. The Labute approximate surface area is 84.7 Å². The van der Waals surface area contributed by atoms with E-state index in [1.807, 2.05) is 12.1 Å². The highest BCUT2D eigenvalue weighted by molar-refractivity contribution is 5.40. The molecule has 76 valence electrons. The van der Waals surface area contributed by atoms with E-state index in [0.717, 1.165) is 18.7 Å². The maximum Gasteiger partial charge on any atom is 0.0496 e. The summed E-state index contributed by atoms with van der Waals surface area (Å²) in [6, 6.07) is 8.63. The number of nitrogens with zero attached hydrogens (tertiary/aromatic N) is 1. The van der Waals surface area contributed by atoms with Gasteiger partial charge in [0.25, 0.3) is 0 Å². The van der Waals surface area contributed by atoms with Gasteiger partial charge in [-0.25, -0.2) is 0 Å². The average molecular weight is 191 g/mol. The SMILES string of the molecule is CN1CCC(N)C1c1ccc(N)cc1. The standard InChI is InChI=1S/C11H17N3/c1-14-7-6-10(13)11(14)8-2-4-9(12)5-3-8/h2-5,10-11H,6-7,12-13H2,1H3. The van der Waals surface area contributed by atoms with Crippen LogP contribution in [0.5, 0.6) is 0 Å². The Morgan fingerprint density at radius 1 is 1.29 bits per heavy atom. The van der Waals surface area contributed by atoms with Crippen molar-refractivity contribution in [2.24, 2.45) is 5.73 Å². The van der Waals surface area contributed by atoms with E-state index in [1.54, 1.807) is 0 Å². The molecule has 1 fully saturated rings. The summed E-state index contributed by atoms with van der Waals surface area (Å²) in [5.74, 6) is 0. The smallest absolute Gasteiger partial charge is 0.0496 e. The van der Waals surface area contributed by atoms with Crippen molar-refractivity contribution >= 4 is 5.69 Å². The Kier molecular flexibility index (Phi) is 2.44. The fraction of sp³-hybridized carbons (Fsp3) is 0.455. The number of rotatable bonds is 1. The van der Waals surface area contributed by atoms with E-state index in [1.165, 1.54) is 5.56 Å². The highest BCUT2D eigenvalue weighted by Gasteiger charge is 2.29. The molecule has 4 N–H and O–H groups in total. The van der Waals surface area contributed by atoms with Crippen molar-refractivity contribution in [2.75, 3.05) is 19.3 Å². The van der Waals surface area contributed by atoms with Crippen molar-refractivity contribution in [2.45, 2.75) is 18.5 Å². The largest absolute Gasteiger partial charge is 0.399 e. The maximum atomic E-state index is 6.07. The lowest BCUT2D eigenvalue weighted by Crippen LogP contribution is -2.29. The van der Waals surface area contributed by atoms with Crippen LogP contribution in [0.3, 0.4) is 0 Å². The molecular weight excluding hydrogens is 174 g/mol. The van der Waals surface area contributed by atoms with E-state index in [4.69, 9.17) is 11.5 Å². The van der Waals surface area contributed by atoms with Crippen LogP contribution in [0.1, 0.15) is 18.0 Å². The van der Waals surface area contributed by atoms with E-state index in [0.29, 0.717) is 6.04 Å². The Morgan fingerprint density at radius 2 is 1.93 bits per heavy atom. The Hall–Kier alpha value is -1.06. The van der Waals surface area contributed by atoms with Crippen LogP contribution in [0.4, 0.5) is 5.69 Å².